The summed E-state index contributed by atoms with van der Waals surface area (Å²) in [5.74, 6) is 0.830. The van der Waals surface area contributed by atoms with Crippen molar-refractivity contribution in [2.24, 2.45) is 0 Å². The number of benzene rings is 1. The minimum atomic E-state index is 0.254. The Labute approximate surface area is 90.5 Å². The van der Waals surface area contributed by atoms with E-state index in [9.17, 15) is 5.11 Å². The topological polar surface area (TPSA) is 29.5 Å². The molecule has 74 valence electrons. The molecule has 0 amide bonds. The lowest BCUT2D eigenvalue weighted by Crippen LogP contribution is -1.86. The lowest BCUT2D eigenvalue weighted by atomic mass is 10.2. The van der Waals surface area contributed by atoms with E-state index in [0.717, 1.165) is 15.0 Å². The Bertz CT molecular complexity index is 462. The lowest BCUT2D eigenvalue weighted by molar-refractivity contribution is 0.368. The van der Waals surface area contributed by atoms with Gasteiger partial charge in [-0.2, -0.15) is 0 Å². The molecule has 2 rings (SSSR count). The lowest BCUT2D eigenvalue weighted by Gasteiger charge is -2.08. The van der Waals surface area contributed by atoms with E-state index in [-0.39, 0.29) is 5.75 Å². The van der Waals surface area contributed by atoms with Crippen LogP contribution in [0.5, 0.6) is 11.5 Å². The fraction of sp³-hybridized carbons (Fsp3) is 0.200. The number of phenols is 1. The summed E-state index contributed by atoms with van der Waals surface area (Å²) in [7, 11) is 1.58. The van der Waals surface area contributed by atoms with Crippen LogP contribution < -0.4 is 4.74 Å². The van der Waals surface area contributed by atoms with Gasteiger partial charge < -0.3 is 9.84 Å². The molecule has 0 aliphatic carbocycles. The molecule has 1 aromatic heterocycles. The number of aromatic hydroxyl groups is 1. The maximum absolute atomic E-state index is 9.92. The van der Waals surface area contributed by atoms with E-state index >= 15 is 0 Å². The van der Waals surface area contributed by atoms with Crippen LogP contribution >= 0.6 is 23.1 Å². The molecule has 2 nitrogen and oxygen atoms in total. The molecule has 0 spiro atoms. The van der Waals surface area contributed by atoms with Crippen LogP contribution in [0.2, 0.25) is 0 Å². The number of ether oxygens (including phenoxy) is 1. The highest BCUT2D eigenvalue weighted by Crippen LogP contribution is 2.43. The van der Waals surface area contributed by atoms with Crippen molar-refractivity contribution in [1.82, 2.24) is 0 Å². The Hall–Kier alpha value is -0.870. The van der Waals surface area contributed by atoms with E-state index in [4.69, 9.17) is 4.74 Å². The maximum atomic E-state index is 9.92. The van der Waals surface area contributed by atoms with Crippen LogP contribution in [0.3, 0.4) is 0 Å². The molecule has 0 atom stereocenters. The SMILES string of the molecule is COc1c(SC)cc2ccsc2c1O. The van der Waals surface area contributed by atoms with E-state index < -0.39 is 0 Å². The maximum Gasteiger partial charge on any atom is 0.177 e. The van der Waals surface area contributed by atoms with Crippen LogP contribution in [0.1, 0.15) is 0 Å². The molecule has 1 aromatic carbocycles. The summed E-state index contributed by atoms with van der Waals surface area (Å²) >= 11 is 3.10. The van der Waals surface area contributed by atoms with Crippen molar-refractivity contribution < 1.29 is 9.84 Å². The second-order valence-electron chi connectivity index (χ2n) is 2.80. The van der Waals surface area contributed by atoms with Crippen molar-refractivity contribution in [3.05, 3.63) is 17.5 Å². The number of fused-ring (bicyclic) bond motifs is 1. The minimum absolute atomic E-state index is 0.254. The first-order chi connectivity index (χ1) is 6.77. The smallest absolute Gasteiger partial charge is 0.177 e. The summed E-state index contributed by atoms with van der Waals surface area (Å²) in [6.45, 7) is 0. The molecule has 0 aliphatic rings. The van der Waals surface area contributed by atoms with Crippen molar-refractivity contribution in [2.75, 3.05) is 13.4 Å². The monoisotopic (exact) mass is 226 g/mol. The Morgan fingerprint density at radius 1 is 1.50 bits per heavy atom. The van der Waals surface area contributed by atoms with Crippen molar-refractivity contribution in [2.45, 2.75) is 4.90 Å². The third-order valence-electron chi connectivity index (χ3n) is 2.06. The van der Waals surface area contributed by atoms with E-state index in [1.165, 1.54) is 11.3 Å². The largest absolute Gasteiger partial charge is 0.503 e. The zero-order valence-corrected chi connectivity index (χ0v) is 9.54. The number of methoxy groups -OCH3 is 1. The normalized spacial score (nSPS) is 10.7. The molecule has 0 fully saturated rings. The molecule has 0 unspecified atom stereocenters. The van der Waals surface area contributed by atoms with Gasteiger partial charge in [0.2, 0.25) is 0 Å². The van der Waals surface area contributed by atoms with Gasteiger partial charge in [-0.25, -0.2) is 0 Å². The Kier molecular flexibility index (Phi) is 2.56. The summed E-state index contributed by atoms with van der Waals surface area (Å²) in [5, 5.41) is 13.0. The Morgan fingerprint density at radius 3 is 2.93 bits per heavy atom. The number of rotatable bonds is 2. The average Bonchev–Trinajstić information content (AvgIpc) is 2.65. The summed E-state index contributed by atoms with van der Waals surface area (Å²) in [6, 6.07) is 4.04. The summed E-state index contributed by atoms with van der Waals surface area (Å²) < 4.78 is 6.07. The first-order valence-electron chi connectivity index (χ1n) is 4.09. The van der Waals surface area contributed by atoms with Crippen molar-refractivity contribution in [3.63, 3.8) is 0 Å². The molecule has 0 bridgehead atoms. The highest BCUT2D eigenvalue weighted by atomic mass is 32.2. The standard InChI is InChI=1S/C10H10O2S2/c1-12-9-7(13-2)5-6-3-4-14-10(6)8(9)11/h3-5,11H,1-2H3. The fourth-order valence-electron chi connectivity index (χ4n) is 1.40. The highest BCUT2D eigenvalue weighted by molar-refractivity contribution is 7.98. The second-order valence-corrected chi connectivity index (χ2v) is 4.56. The van der Waals surface area contributed by atoms with E-state index in [2.05, 4.69) is 0 Å². The van der Waals surface area contributed by atoms with Crippen molar-refractivity contribution in [3.8, 4) is 11.5 Å². The minimum Gasteiger partial charge on any atom is -0.503 e. The third kappa shape index (κ3) is 1.35. The molecule has 0 aliphatic heterocycles. The fourth-order valence-corrected chi connectivity index (χ4v) is 2.83. The molecule has 0 saturated carbocycles. The molecule has 0 radical (unpaired) electrons. The van der Waals surface area contributed by atoms with Gasteiger partial charge in [-0.05, 0) is 29.2 Å². The Balaban J connectivity index is 2.79. The quantitative estimate of drug-likeness (QED) is 0.796. The van der Waals surface area contributed by atoms with Crippen molar-refractivity contribution in [1.29, 1.82) is 0 Å². The van der Waals surface area contributed by atoms with Gasteiger partial charge >= 0.3 is 0 Å². The van der Waals surface area contributed by atoms with E-state index in [0.29, 0.717) is 5.75 Å². The summed E-state index contributed by atoms with van der Waals surface area (Å²) in [6.07, 6.45) is 1.97. The predicted octanol–water partition coefficient (Wildman–Crippen LogP) is 3.34. The van der Waals surface area contributed by atoms with Crippen LogP contribution in [0.4, 0.5) is 0 Å². The Morgan fingerprint density at radius 2 is 2.29 bits per heavy atom. The van der Waals surface area contributed by atoms with E-state index in [1.54, 1.807) is 18.9 Å². The van der Waals surface area contributed by atoms with E-state index in [1.807, 2.05) is 23.8 Å². The molecule has 4 heteroatoms. The highest BCUT2D eigenvalue weighted by Gasteiger charge is 2.13. The summed E-state index contributed by atoms with van der Waals surface area (Å²) in [4.78, 5) is 0.968. The van der Waals surface area contributed by atoms with Gasteiger partial charge in [-0.15, -0.1) is 23.1 Å². The molecule has 0 saturated heterocycles. The van der Waals surface area contributed by atoms with Crippen LogP contribution in [-0.2, 0) is 0 Å². The van der Waals surface area contributed by atoms with Gasteiger partial charge in [0.15, 0.2) is 11.5 Å². The van der Waals surface area contributed by atoms with Gasteiger partial charge in [-0.3, -0.25) is 0 Å². The number of thioether (sulfide) groups is 1. The molecular weight excluding hydrogens is 216 g/mol. The average molecular weight is 226 g/mol. The van der Waals surface area contributed by atoms with Gasteiger partial charge in [0.1, 0.15) is 0 Å². The molecule has 1 N–H and O–H groups in total. The third-order valence-corrected chi connectivity index (χ3v) is 3.74. The van der Waals surface area contributed by atoms with Crippen molar-refractivity contribution >= 4 is 33.2 Å². The van der Waals surface area contributed by atoms with Gasteiger partial charge in [0.25, 0.3) is 0 Å². The first-order valence-corrected chi connectivity index (χ1v) is 6.19. The molecular formula is C10H10O2S2. The second kappa shape index (κ2) is 3.71. The van der Waals surface area contributed by atoms with Crippen LogP contribution in [0.15, 0.2) is 22.4 Å². The molecule has 2 aromatic rings. The summed E-state index contributed by atoms with van der Waals surface area (Å²) in [5.41, 5.74) is 0. The zero-order chi connectivity index (χ0) is 10.1. The number of thiophene rings is 1. The number of phenolic OH excluding ortho intramolecular Hbond substituents is 1. The van der Waals surface area contributed by atoms with Gasteiger partial charge in [0, 0.05) is 0 Å². The van der Waals surface area contributed by atoms with Gasteiger partial charge in [-0.1, -0.05) is 0 Å². The predicted molar refractivity (Wildman–Crippen MR) is 61.8 cm³/mol. The zero-order valence-electron chi connectivity index (χ0n) is 7.90. The molecule has 14 heavy (non-hydrogen) atoms. The van der Waals surface area contributed by atoms with Gasteiger partial charge in [0.05, 0.1) is 16.7 Å². The number of hydrogen-bond acceptors (Lipinski definition) is 4. The van der Waals surface area contributed by atoms with Crippen LogP contribution in [0.25, 0.3) is 10.1 Å². The van der Waals surface area contributed by atoms with Crippen LogP contribution in [-0.4, -0.2) is 18.5 Å². The first kappa shape index (κ1) is 9.68. The molecule has 1 heterocycles. The number of hydrogen-bond donors (Lipinski definition) is 1. The van der Waals surface area contributed by atoms with Crippen LogP contribution in [0, 0.1) is 0 Å².